The Bertz CT molecular complexity index is 560. The highest BCUT2D eigenvalue weighted by Crippen LogP contribution is 2.18. The molecule has 0 saturated heterocycles. The Morgan fingerprint density at radius 1 is 1.40 bits per heavy atom. The average Bonchev–Trinajstić information content (AvgIpc) is 2.85. The molecule has 0 aliphatic heterocycles. The maximum Gasteiger partial charge on any atom is 0.220 e. The van der Waals surface area contributed by atoms with E-state index in [1.165, 1.54) is 16.5 Å². The number of aromatic nitrogens is 1. The van der Waals surface area contributed by atoms with Gasteiger partial charge in [-0.3, -0.25) is 4.79 Å². The minimum Gasteiger partial charge on any atom is -0.361 e. The van der Waals surface area contributed by atoms with E-state index in [9.17, 15) is 4.79 Å². The molecule has 1 aromatic heterocycles. The summed E-state index contributed by atoms with van der Waals surface area (Å²) in [7, 11) is 0. The van der Waals surface area contributed by atoms with Gasteiger partial charge in [-0.25, -0.2) is 0 Å². The molecule has 1 unspecified atom stereocenters. The van der Waals surface area contributed by atoms with Crippen molar-refractivity contribution in [2.45, 2.75) is 38.6 Å². The lowest BCUT2D eigenvalue weighted by Gasteiger charge is -2.06. The number of carbonyl (C=O) groups is 1. The third-order valence-corrected chi connectivity index (χ3v) is 3.45. The summed E-state index contributed by atoms with van der Waals surface area (Å²) in [6.45, 7) is 2.64. The highest BCUT2D eigenvalue weighted by Gasteiger charge is 2.04. The van der Waals surface area contributed by atoms with Crippen LogP contribution in [0.25, 0.3) is 10.9 Å². The molecule has 1 aromatic carbocycles. The summed E-state index contributed by atoms with van der Waals surface area (Å²) in [6.07, 6.45) is 5.24. The lowest BCUT2D eigenvalue weighted by Crippen LogP contribution is -2.26. The predicted molar refractivity (Wildman–Crippen MR) is 82.5 cm³/mol. The van der Waals surface area contributed by atoms with Gasteiger partial charge in [0.25, 0.3) is 0 Å². The van der Waals surface area contributed by atoms with Gasteiger partial charge in [-0.1, -0.05) is 18.2 Å². The molecule has 0 aliphatic rings. The quantitative estimate of drug-likeness (QED) is 0.678. The molecule has 20 heavy (non-hydrogen) atoms. The van der Waals surface area contributed by atoms with E-state index in [2.05, 4.69) is 34.7 Å². The zero-order valence-electron chi connectivity index (χ0n) is 12.0. The Morgan fingerprint density at radius 3 is 3.00 bits per heavy atom. The van der Waals surface area contributed by atoms with Crippen LogP contribution in [-0.2, 0) is 11.2 Å². The van der Waals surface area contributed by atoms with Crippen LogP contribution in [0, 0.1) is 0 Å². The van der Waals surface area contributed by atoms with Crippen molar-refractivity contribution in [3.8, 4) is 0 Å². The highest BCUT2D eigenvalue weighted by molar-refractivity contribution is 5.83. The van der Waals surface area contributed by atoms with E-state index >= 15 is 0 Å². The van der Waals surface area contributed by atoms with Crippen LogP contribution in [0.15, 0.2) is 30.5 Å². The summed E-state index contributed by atoms with van der Waals surface area (Å²) < 4.78 is 0. The molecule has 1 amide bonds. The van der Waals surface area contributed by atoms with Crippen molar-refractivity contribution in [2.24, 2.45) is 5.73 Å². The van der Waals surface area contributed by atoms with Gasteiger partial charge < -0.3 is 16.0 Å². The van der Waals surface area contributed by atoms with Crippen molar-refractivity contribution in [1.82, 2.24) is 10.3 Å². The first-order chi connectivity index (χ1) is 9.66. The number of benzene rings is 1. The molecule has 4 N–H and O–H groups in total. The van der Waals surface area contributed by atoms with E-state index < -0.39 is 0 Å². The Balaban J connectivity index is 1.72. The summed E-state index contributed by atoms with van der Waals surface area (Å²) >= 11 is 0. The Kier molecular flexibility index (Phi) is 5.18. The summed E-state index contributed by atoms with van der Waals surface area (Å²) in [6, 6.07) is 8.38. The number of nitrogens with two attached hydrogens (primary N) is 1. The number of carbonyl (C=O) groups excluding carboxylic acids is 1. The molecular weight excluding hydrogens is 250 g/mol. The second kappa shape index (κ2) is 7.10. The van der Waals surface area contributed by atoms with Crippen molar-refractivity contribution in [2.75, 3.05) is 6.54 Å². The number of hydrogen-bond acceptors (Lipinski definition) is 2. The van der Waals surface area contributed by atoms with E-state index in [4.69, 9.17) is 5.73 Å². The average molecular weight is 273 g/mol. The Labute approximate surface area is 119 Å². The first-order valence-electron chi connectivity index (χ1n) is 7.24. The lowest BCUT2D eigenvalue weighted by molar-refractivity contribution is -0.121. The van der Waals surface area contributed by atoms with Crippen LogP contribution in [-0.4, -0.2) is 23.5 Å². The Hall–Kier alpha value is -1.81. The number of hydrogen-bond donors (Lipinski definition) is 3. The lowest BCUT2D eigenvalue weighted by atomic mass is 10.1. The van der Waals surface area contributed by atoms with E-state index in [1.54, 1.807) is 0 Å². The molecule has 4 heteroatoms. The summed E-state index contributed by atoms with van der Waals surface area (Å²) in [5.41, 5.74) is 8.11. The molecule has 108 valence electrons. The number of H-pyrrole nitrogens is 1. The van der Waals surface area contributed by atoms with Crippen LogP contribution in [0.3, 0.4) is 0 Å². The zero-order valence-corrected chi connectivity index (χ0v) is 12.0. The van der Waals surface area contributed by atoms with Crippen molar-refractivity contribution in [3.05, 3.63) is 36.0 Å². The number of rotatable bonds is 7. The van der Waals surface area contributed by atoms with Crippen LogP contribution >= 0.6 is 0 Å². The van der Waals surface area contributed by atoms with Gasteiger partial charge in [0.1, 0.15) is 0 Å². The fraction of sp³-hybridized carbons (Fsp3) is 0.438. The van der Waals surface area contributed by atoms with E-state index in [-0.39, 0.29) is 11.9 Å². The molecule has 4 nitrogen and oxygen atoms in total. The zero-order chi connectivity index (χ0) is 14.4. The van der Waals surface area contributed by atoms with Crippen LogP contribution in [0.1, 0.15) is 31.7 Å². The largest absolute Gasteiger partial charge is 0.361 e. The van der Waals surface area contributed by atoms with Gasteiger partial charge >= 0.3 is 0 Å². The second-order valence-corrected chi connectivity index (χ2v) is 5.33. The highest BCUT2D eigenvalue weighted by atomic mass is 16.1. The van der Waals surface area contributed by atoms with Gasteiger partial charge in [0.05, 0.1) is 0 Å². The number of nitrogens with one attached hydrogen (secondary N) is 2. The molecule has 1 atom stereocenters. The smallest absolute Gasteiger partial charge is 0.220 e. The van der Waals surface area contributed by atoms with Crippen molar-refractivity contribution in [3.63, 3.8) is 0 Å². The maximum absolute atomic E-state index is 11.5. The van der Waals surface area contributed by atoms with Crippen molar-refractivity contribution < 1.29 is 4.79 Å². The third-order valence-electron chi connectivity index (χ3n) is 3.45. The van der Waals surface area contributed by atoms with Gasteiger partial charge in [-0.2, -0.15) is 0 Å². The molecular formula is C16H23N3O. The minimum atomic E-state index is 0.0898. The van der Waals surface area contributed by atoms with Crippen LogP contribution in [0.5, 0.6) is 0 Å². The Morgan fingerprint density at radius 2 is 2.20 bits per heavy atom. The monoisotopic (exact) mass is 273 g/mol. The first-order valence-corrected chi connectivity index (χ1v) is 7.24. The third kappa shape index (κ3) is 4.10. The number of fused-ring (bicyclic) bond motifs is 1. The summed E-state index contributed by atoms with van der Waals surface area (Å²) in [5, 5.41) is 4.22. The predicted octanol–water partition coefficient (Wildman–Crippen LogP) is 2.34. The topological polar surface area (TPSA) is 70.9 Å². The summed E-state index contributed by atoms with van der Waals surface area (Å²) in [5.74, 6) is 0.0984. The van der Waals surface area contributed by atoms with Crippen LogP contribution in [0.4, 0.5) is 0 Å². The number of aryl methyl sites for hydroxylation is 1. The van der Waals surface area contributed by atoms with E-state index in [1.807, 2.05) is 13.0 Å². The molecule has 2 aromatic rings. The number of para-hydroxylation sites is 1. The summed E-state index contributed by atoms with van der Waals surface area (Å²) in [4.78, 5) is 14.8. The van der Waals surface area contributed by atoms with E-state index in [0.717, 1.165) is 25.8 Å². The normalized spacial score (nSPS) is 12.5. The van der Waals surface area contributed by atoms with Crippen molar-refractivity contribution >= 4 is 16.8 Å². The molecule has 0 spiro atoms. The molecule has 0 radical (unpaired) electrons. The van der Waals surface area contributed by atoms with Gasteiger partial charge in [0.2, 0.25) is 5.91 Å². The molecule has 0 bridgehead atoms. The molecule has 0 fully saturated rings. The van der Waals surface area contributed by atoms with Crippen molar-refractivity contribution in [1.29, 1.82) is 0 Å². The van der Waals surface area contributed by atoms with Gasteiger partial charge in [-0.15, -0.1) is 0 Å². The fourth-order valence-corrected chi connectivity index (χ4v) is 2.29. The molecule has 0 aliphatic carbocycles. The van der Waals surface area contributed by atoms with Gasteiger partial charge in [0.15, 0.2) is 0 Å². The number of amides is 1. The fourth-order valence-electron chi connectivity index (χ4n) is 2.29. The standard InChI is InChI=1S/C16H23N3O/c1-12(17)8-9-16(20)18-10-4-5-13-11-19-15-7-3-2-6-14(13)15/h2-3,6-7,11-12,19H,4-5,8-10,17H2,1H3,(H,18,20). The minimum absolute atomic E-state index is 0.0898. The molecule has 0 saturated carbocycles. The first kappa shape index (κ1) is 14.6. The number of aromatic amines is 1. The second-order valence-electron chi connectivity index (χ2n) is 5.33. The SMILES string of the molecule is CC(N)CCC(=O)NCCCc1c[nH]c2ccccc12. The van der Waals surface area contributed by atoms with Crippen LogP contribution < -0.4 is 11.1 Å². The van der Waals surface area contributed by atoms with Crippen LogP contribution in [0.2, 0.25) is 0 Å². The molecule has 1 heterocycles. The van der Waals surface area contributed by atoms with Gasteiger partial charge in [-0.05, 0) is 37.8 Å². The van der Waals surface area contributed by atoms with E-state index in [0.29, 0.717) is 6.42 Å². The maximum atomic E-state index is 11.5. The molecule has 2 rings (SSSR count). The van der Waals surface area contributed by atoms with Gasteiger partial charge in [0, 0.05) is 36.1 Å².